The Morgan fingerprint density at radius 1 is 1.00 bits per heavy atom. The highest BCUT2D eigenvalue weighted by Gasteiger charge is 2.68. The van der Waals surface area contributed by atoms with Crippen LogP contribution in [-0.4, -0.2) is 81.4 Å². The van der Waals surface area contributed by atoms with Gasteiger partial charge in [0.05, 0.1) is 12.5 Å². The summed E-state index contributed by atoms with van der Waals surface area (Å²) in [5.41, 5.74) is -0.855. The quantitative estimate of drug-likeness (QED) is 0.395. The summed E-state index contributed by atoms with van der Waals surface area (Å²) >= 11 is 0. The van der Waals surface area contributed by atoms with Crippen LogP contribution >= 0.6 is 0 Å². The lowest BCUT2D eigenvalue weighted by molar-refractivity contribution is -0.191. The molecule has 0 aromatic heterocycles. The first kappa shape index (κ1) is 31.3. The Morgan fingerprint density at radius 3 is 2.42 bits per heavy atom. The van der Waals surface area contributed by atoms with E-state index in [2.05, 4.69) is 6.92 Å². The first-order chi connectivity index (χ1) is 20.2. The number of ketones is 2. The van der Waals surface area contributed by atoms with E-state index in [1.807, 2.05) is 13.0 Å². The van der Waals surface area contributed by atoms with Gasteiger partial charge in [-0.25, -0.2) is 4.79 Å². The first-order valence-electron chi connectivity index (χ1n) is 15.5. The number of nitrogens with zero attached hydrogens (tertiary/aromatic N) is 1. The third-order valence-corrected chi connectivity index (χ3v) is 11.6. The predicted octanol–water partition coefficient (Wildman–Crippen LogP) is 2.76. The Labute approximate surface area is 251 Å². The normalized spacial score (nSPS) is 38.3. The van der Waals surface area contributed by atoms with Gasteiger partial charge in [0, 0.05) is 38.1 Å². The van der Waals surface area contributed by atoms with E-state index in [0.29, 0.717) is 37.5 Å². The molecule has 8 atom stereocenters. The van der Waals surface area contributed by atoms with Crippen LogP contribution in [0.25, 0.3) is 0 Å². The minimum Gasteiger partial charge on any atom is -0.480 e. The standard InChI is InChI=1S/C32H43NO10/c1-18(34)43-32(26(37)17-42-28(39)7-6-27(38)33-16-21(36)15-25(33)29(40)41)13-10-24-22-5-4-19-14-20(35)8-11-30(19,2)23(22)9-12-31(24,32)3/h14,21-25,36H,4-13,15-17H2,1-3H3,(H,40,41)/t21-,22+,23-,24-,25+,30-,31-,32-/m0/s1. The third-order valence-electron chi connectivity index (χ3n) is 11.6. The summed E-state index contributed by atoms with van der Waals surface area (Å²) in [5.74, 6) is -2.59. The number of likely N-dealkylation sites (tertiary alicyclic amines) is 1. The van der Waals surface area contributed by atoms with Gasteiger partial charge in [-0.2, -0.15) is 0 Å². The van der Waals surface area contributed by atoms with Crippen LogP contribution in [0.2, 0.25) is 0 Å². The number of carboxylic acids is 1. The van der Waals surface area contributed by atoms with Crippen molar-refractivity contribution in [1.29, 1.82) is 0 Å². The molecule has 236 valence electrons. The number of carbonyl (C=O) groups excluding carboxylic acids is 5. The molecule has 0 bridgehead atoms. The molecule has 0 radical (unpaired) electrons. The molecule has 4 fully saturated rings. The van der Waals surface area contributed by atoms with Gasteiger partial charge in [-0.15, -0.1) is 0 Å². The second-order valence-electron chi connectivity index (χ2n) is 13.8. The molecular formula is C32H43NO10. The number of ether oxygens (including phenoxy) is 2. The largest absolute Gasteiger partial charge is 0.480 e. The lowest BCUT2D eigenvalue weighted by Gasteiger charge is -2.59. The number of aliphatic hydroxyl groups excluding tert-OH is 1. The number of carboxylic acid groups (broad SMARTS) is 1. The average Bonchev–Trinajstić information content (AvgIpc) is 3.48. The van der Waals surface area contributed by atoms with Gasteiger partial charge in [0.25, 0.3) is 0 Å². The van der Waals surface area contributed by atoms with Crippen molar-refractivity contribution >= 4 is 35.4 Å². The van der Waals surface area contributed by atoms with Crippen molar-refractivity contribution in [3.8, 4) is 0 Å². The summed E-state index contributed by atoms with van der Waals surface area (Å²) in [7, 11) is 0. The predicted molar refractivity (Wildman–Crippen MR) is 150 cm³/mol. The van der Waals surface area contributed by atoms with E-state index in [-0.39, 0.29) is 42.9 Å². The molecule has 3 saturated carbocycles. The zero-order valence-electron chi connectivity index (χ0n) is 25.3. The van der Waals surface area contributed by atoms with Crippen molar-refractivity contribution in [2.24, 2.45) is 28.6 Å². The molecule has 4 aliphatic carbocycles. The monoisotopic (exact) mass is 601 g/mol. The molecule has 0 aromatic carbocycles. The van der Waals surface area contributed by atoms with Gasteiger partial charge in [0.1, 0.15) is 6.04 Å². The zero-order valence-corrected chi connectivity index (χ0v) is 25.3. The number of fused-ring (bicyclic) bond motifs is 5. The molecule has 0 unspecified atom stereocenters. The van der Waals surface area contributed by atoms with E-state index >= 15 is 0 Å². The highest BCUT2D eigenvalue weighted by molar-refractivity contribution is 5.94. The third kappa shape index (κ3) is 5.31. The van der Waals surface area contributed by atoms with Crippen LogP contribution in [-0.2, 0) is 38.2 Å². The molecule has 0 aromatic rings. The number of hydrogen-bond donors (Lipinski definition) is 2. The van der Waals surface area contributed by atoms with Crippen molar-refractivity contribution in [3.63, 3.8) is 0 Å². The second kappa shape index (κ2) is 11.4. The Balaban J connectivity index is 1.25. The van der Waals surface area contributed by atoms with Crippen LogP contribution < -0.4 is 0 Å². The number of aliphatic carboxylic acids is 1. The van der Waals surface area contributed by atoms with E-state index in [1.165, 1.54) is 12.5 Å². The molecule has 5 rings (SSSR count). The molecule has 1 aliphatic heterocycles. The van der Waals surface area contributed by atoms with Gasteiger partial charge >= 0.3 is 17.9 Å². The molecule has 2 N–H and O–H groups in total. The molecule has 1 amide bonds. The fourth-order valence-corrected chi connectivity index (χ4v) is 9.50. The second-order valence-corrected chi connectivity index (χ2v) is 13.8. The van der Waals surface area contributed by atoms with E-state index < -0.39 is 59.4 Å². The van der Waals surface area contributed by atoms with E-state index in [1.54, 1.807) is 0 Å². The molecule has 11 heteroatoms. The number of esters is 2. The number of amides is 1. The van der Waals surface area contributed by atoms with Crippen LogP contribution in [0, 0.1) is 28.6 Å². The van der Waals surface area contributed by atoms with Crippen molar-refractivity contribution in [2.45, 2.75) is 109 Å². The summed E-state index contributed by atoms with van der Waals surface area (Å²) in [6, 6.07) is -1.15. The van der Waals surface area contributed by atoms with Crippen LogP contribution in [0.1, 0.15) is 91.4 Å². The van der Waals surface area contributed by atoms with Crippen LogP contribution in [0.3, 0.4) is 0 Å². The van der Waals surface area contributed by atoms with Crippen LogP contribution in [0.4, 0.5) is 0 Å². The summed E-state index contributed by atoms with van der Waals surface area (Å²) in [4.78, 5) is 76.1. The van der Waals surface area contributed by atoms with Crippen molar-refractivity contribution in [1.82, 2.24) is 4.90 Å². The maximum Gasteiger partial charge on any atom is 0.326 e. The van der Waals surface area contributed by atoms with Gasteiger partial charge in [0.2, 0.25) is 11.7 Å². The van der Waals surface area contributed by atoms with E-state index in [9.17, 15) is 39.0 Å². The summed E-state index contributed by atoms with van der Waals surface area (Å²) < 4.78 is 11.2. The lowest BCUT2D eigenvalue weighted by Crippen LogP contribution is -2.59. The van der Waals surface area contributed by atoms with E-state index in [4.69, 9.17) is 9.47 Å². The Hall–Kier alpha value is -3.08. The van der Waals surface area contributed by atoms with Gasteiger partial charge in [-0.05, 0) is 74.2 Å². The summed E-state index contributed by atoms with van der Waals surface area (Å²) in [6.45, 7) is 4.88. The molecule has 5 aliphatic rings. The topological polar surface area (TPSA) is 165 Å². The summed E-state index contributed by atoms with van der Waals surface area (Å²) in [5, 5.41) is 19.1. The molecule has 1 saturated heterocycles. The van der Waals surface area contributed by atoms with Gasteiger partial charge in [0.15, 0.2) is 18.0 Å². The minimum atomic E-state index is -1.43. The smallest absolute Gasteiger partial charge is 0.326 e. The lowest BCUT2D eigenvalue weighted by atomic mass is 9.46. The van der Waals surface area contributed by atoms with Gasteiger partial charge in [-0.3, -0.25) is 24.0 Å². The minimum absolute atomic E-state index is 0.0422. The van der Waals surface area contributed by atoms with Crippen LogP contribution in [0.15, 0.2) is 11.6 Å². The van der Waals surface area contributed by atoms with Crippen LogP contribution in [0.5, 0.6) is 0 Å². The SMILES string of the molecule is CC(=O)O[C@]1(C(=O)COC(=O)CCC(=O)N2C[C@@H](O)C[C@@H]2C(=O)O)CC[C@H]2[C@@H]3CCC4=CC(=O)CC[C@]4(C)[C@H]3CC[C@@]21C. The number of hydrogen-bond acceptors (Lipinski definition) is 9. The number of carbonyl (C=O) groups is 6. The molecule has 43 heavy (non-hydrogen) atoms. The summed E-state index contributed by atoms with van der Waals surface area (Å²) in [6.07, 6.45) is 5.90. The first-order valence-corrected chi connectivity index (χ1v) is 15.5. The fraction of sp³-hybridized carbons (Fsp3) is 0.750. The van der Waals surface area contributed by atoms with Crippen molar-refractivity contribution in [2.75, 3.05) is 13.2 Å². The fourth-order valence-electron chi connectivity index (χ4n) is 9.50. The molecule has 1 heterocycles. The van der Waals surface area contributed by atoms with E-state index in [0.717, 1.165) is 30.6 Å². The van der Waals surface area contributed by atoms with Crippen molar-refractivity contribution < 1.29 is 48.5 Å². The highest BCUT2D eigenvalue weighted by Crippen LogP contribution is 2.68. The number of β-amino-alcohol motifs (C(OH)–C–C–N with tert-alkyl or cyclic N) is 1. The average molecular weight is 602 g/mol. The number of rotatable bonds is 8. The zero-order chi connectivity index (χ0) is 31.3. The van der Waals surface area contributed by atoms with Gasteiger partial charge < -0.3 is 24.6 Å². The maximum atomic E-state index is 13.9. The van der Waals surface area contributed by atoms with Crippen molar-refractivity contribution in [3.05, 3.63) is 11.6 Å². The number of allylic oxidation sites excluding steroid dienone is 1. The highest BCUT2D eigenvalue weighted by atomic mass is 16.6. The van der Waals surface area contributed by atoms with Gasteiger partial charge in [-0.1, -0.05) is 19.4 Å². The number of Topliss-reactive ketones (excluding diaryl/α,β-unsaturated/α-hetero) is 1. The Kier molecular flexibility index (Phi) is 8.35. The molecular weight excluding hydrogens is 558 g/mol. The Morgan fingerprint density at radius 2 is 1.72 bits per heavy atom. The number of aliphatic hydroxyl groups is 1. The molecule has 11 nitrogen and oxygen atoms in total. The molecule has 0 spiro atoms. The maximum absolute atomic E-state index is 13.9. The Bertz CT molecular complexity index is 1260.